The van der Waals surface area contributed by atoms with E-state index in [4.69, 9.17) is 10.5 Å². The largest absolute Gasteiger partial charge is 0.462 e. The van der Waals surface area contributed by atoms with Crippen molar-refractivity contribution in [3.05, 3.63) is 29.3 Å². The molecular weight excluding hydrogens is 226 g/mol. The SMILES string of the molecule is Cc1c(N)cccc1C(=O)OCC(C)CC(C)C. The molecule has 0 saturated heterocycles. The van der Waals surface area contributed by atoms with E-state index < -0.39 is 0 Å². The van der Waals surface area contributed by atoms with Crippen molar-refractivity contribution in [2.75, 3.05) is 12.3 Å². The van der Waals surface area contributed by atoms with Crippen molar-refractivity contribution in [3.63, 3.8) is 0 Å². The number of anilines is 1. The van der Waals surface area contributed by atoms with Crippen LogP contribution < -0.4 is 5.73 Å². The van der Waals surface area contributed by atoms with Crippen LogP contribution in [0.5, 0.6) is 0 Å². The Hall–Kier alpha value is -1.51. The van der Waals surface area contributed by atoms with E-state index in [9.17, 15) is 4.79 Å². The molecule has 0 saturated carbocycles. The van der Waals surface area contributed by atoms with Gasteiger partial charge in [-0.25, -0.2) is 4.79 Å². The molecular formula is C15H23NO2. The van der Waals surface area contributed by atoms with Gasteiger partial charge in [0.15, 0.2) is 0 Å². The Morgan fingerprint density at radius 2 is 2.00 bits per heavy atom. The van der Waals surface area contributed by atoms with E-state index in [1.165, 1.54) is 0 Å². The first-order chi connectivity index (χ1) is 8.41. The lowest BCUT2D eigenvalue weighted by molar-refractivity contribution is 0.0435. The number of carbonyl (C=O) groups is 1. The highest BCUT2D eigenvalue weighted by molar-refractivity contribution is 5.92. The van der Waals surface area contributed by atoms with E-state index in [2.05, 4.69) is 20.8 Å². The maximum absolute atomic E-state index is 11.9. The maximum atomic E-state index is 11.9. The van der Waals surface area contributed by atoms with Gasteiger partial charge in [0.1, 0.15) is 0 Å². The summed E-state index contributed by atoms with van der Waals surface area (Å²) in [5.74, 6) is 0.721. The number of carbonyl (C=O) groups excluding carboxylic acids is 1. The molecule has 3 nitrogen and oxygen atoms in total. The van der Waals surface area contributed by atoms with Crippen LogP contribution in [0.2, 0.25) is 0 Å². The first-order valence-electron chi connectivity index (χ1n) is 6.44. The molecule has 1 aromatic rings. The fraction of sp³-hybridized carbons (Fsp3) is 0.533. The number of ether oxygens (including phenoxy) is 1. The van der Waals surface area contributed by atoms with Gasteiger partial charge in [0.2, 0.25) is 0 Å². The second kappa shape index (κ2) is 6.43. The summed E-state index contributed by atoms with van der Waals surface area (Å²) in [4.78, 5) is 11.9. The number of hydrogen-bond acceptors (Lipinski definition) is 3. The smallest absolute Gasteiger partial charge is 0.338 e. The van der Waals surface area contributed by atoms with Crippen LogP contribution in [-0.2, 0) is 4.74 Å². The van der Waals surface area contributed by atoms with Crippen molar-refractivity contribution in [2.24, 2.45) is 11.8 Å². The minimum Gasteiger partial charge on any atom is -0.462 e. The first-order valence-corrected chi connectivity index (χ1v) is 6.44. The van der Waals surface area contributed by atoms with Gasteiger partial charge < -0.3 is 10.5 Å². The summed E-state index contributed by atoms with van der Waals surface area (Å²) in [7, 11) is 0. The second-order valence-electron chi connectivity index (χ2n) is 5.35. The van der Waals surface area contributed by atoms with Crippen LogP contribution in [-0.4, -0.2) is 12.6 Å². The lowest BCUT2D eigenvalue weighted by Gasteiger charge is -2.15. The van der Waals surface area contributed by atoms with Crippen LogP contribution in [0.3, 0.4) is 0 Å². The van der Waals surface area contributed by atoms with Crippen LogP contribution in [0.1, 0.15) is 43.1 Å². The Morgan fingerprint density at radius 1 is 1.33 bits per heavy atom. The first kappa shape index (κ1) is 14.6. The van der Waals surface area contributed by atoms with Gasteiger partial charge in [0.05, 0.1) is 12.2 Å². The summed E-state index contributed by atoms with van der Waals surface area (Å²) in [6.07, 6.45) is 1.06. The standard InChI is InChI=1S/C15H23NO2/c1-10(2)8-11(3)9-18-15(17)13-6-5-7-14(16)12(13)4/h5-7,10-11H,8-9,16H2,1-4H3. The third kappa shape index (κ3) is 4.06. The molecule has 1 atom stereocenters. The predicted octanol–water partition coefficient (Wildman–Crippen LogP) is 3.42. The van der Waals surface area contributed by atoms with E-state index in [0.717, 1.165) is 12.0 Å². The molecule has 0 aliphatic heterocycles. The third-order valence-electron chi connectivity index (χ3n) is 2.97. The molecule has 0 aliphatic rings. The van der Waals surface area contributed by atoms with Gasteiger partial charge in [-0.2, -0.15) is 0 Å². The minimum absolute atomic E-state index is 0.282. The van der Waals surface area contributed by atoms with Gasteiger partial charge in [-0.1, -0.05) is 26.8 Å². The molecule has 0 fully saturated rings. The highest BCUT2D eigenvalue weighted by Gasteiger charge is 2.14. The third-order valence-corrected chi connectivity index (χ3v) is 2.97. The van der Waals surface area contributed by atoms with Crippen LogP contribution >= 0.6 is 0 Å². The van der Waals surface area contributed by atoms with Crippen LogP contribution in [0.15, 0.2) is 18.2 Å². The monoisotopic (exact) mass is 249 g/mol. The number of benzene rings is 1. The molecule has 0 heterocycles. The van der Waals surface area contributed by atoms with Gasteiger partial charge in [-0.3, -0.25) is 0 Å². The van der Waals surface area contributed by atoms with E-state index in [0.29, 0.717) is 29.7 Å². The molecule has 3 heteroatoms. The van der Waals surface area contributed by atoms with Crippen molar-refractivity contribution in [1.82, 2.24) is 0 Å². The summed E-state index contributed by atoms with van der Waals surface area (Å²) in [6, 6.07) is 5.31. The molecule has 0 amide bonds. The zero-order chi connectivity index (χ0) is 13.7. The number of hydrogen-bond donors (Lipinski definition) is 1. The number of esters is 1. The Morgan fingerprint density at radius 3 is 2.61 bits per heavy atom. The normalized spacial score (nSPS) is 12.5. The lowest BCUT2D eigenvalue weighted by Crippen LogP contribution is -2.15. The molecule has 0 aliphatic carbocycles. The molecule has 1 rings (SSSR count). The predicted molar refractivity (Wildman–Crippen MR) is 74.5 cm³/mol. The van der Waals surface area contributed by atoms with Gasteiger partial charge in [-0.15, -0.1) is 0 Å². The number of nitrogen functional groups attached to an aromatic ring is 1. The fourth-order valence-corrected chi connectivity index (χ4v) is 2.04. The molecule has 1 aromatic carbocycles. The molecule has 0 bridgehead atoms. The highest BCUT2D eigenvalue weighted by atomic mass is 16.5. The van der Waals surface area contributed by atoms with Crippen LogP contribution in [0, 0.1) is 18.8 Å². The molecule has 0 spiro atoms. The van der Waals surface area contributed by atoms with Gasteiger partial charge in [-0.05, 0) is 42.9 Å². The van der Waals surface area contributed by atoms with E-state index in [-0.39, 0.29) is 5.97 Å². The number of rotatable bonds is 5. The summed E-state index contributed by atoms with van der Waals surface area (Å²) >= 11 is 0. The van der Waals surface area contributed by atoms with Crippen molar-refractivity contribution in [3.8, 4) is 0 Å². The summed E-state index contributed by atoms with van der Waals surface area (Å²) in [6.45, 7) is 8.73. The van der Waals surface area contributed by atoms with Crippen LogP contribution in [0.4, 0.5) is 5.69 Å². The van der Waals surface area contributed by atoms with Crippen molar-refractivity contribution in [2.45, 2.75) is 34.1 Å². The second-order valence-corrected chi connectivity index (χ2v) is 5.35. The average molecular weight is 249 g/mol. The highest BCUT2D eigenvalue weighted by Crippen LogP contribution is 2.17. The Balaban J connectivity index is 2.58. The fourth-order valence-electron chi connectivity index (χ4n) is 2.04. The quantitative estimate of drug-likeness (QED) is 0.642. The Bertz CT molecular complexity index is 413. The Kier molecular flexibility index (Phi) is 5.20. The number of nitrogens with two attached hydrogens (primary N) is 1. The molecule has 0 aromatic heterocycles. The van der Waals surface area contributed by atoms with Gasteiger partial charge >= 0.3 is 5.97 Å². The summed E-state index contributed by atoms with van der Waals surface area (Å²) < 4.78 is 5.33. The molecule has 18 heavy (non-hydrogen) atoms. The van der Waals surface area contributed by atoms with Crippen LogP contribution in [0.25, 0.3) is 0 Å². The zero-order valence-corrected chi connectivity index (χ0v) is 11.7. The average Bonchev–Trinajstić information content (AvgIpc) is 2.29. The summed E-state index contributed by atoms with van der Waals surface area (Å²) in [5.41, 5.74) is 7.75. The van der Waals surface area contributed by atoms with Crippen molar-refractivity contribution >= 4 is 11.7 Å². The molecule has 0 radical (unpaired) electrons. The zero-order valence-electron chi connectivity index (χ0n) is 11.7. The van der Waals surface area contributed by atoms with Gasteiger partial charge in [0.25, 0.3) is 0 Å². The molecule has 1 unspecified atom stereocenters. The van der Waals surface area contributed by atoms with E-state index in [1.807, 2.05) is 6.92 Å². The molecule has 100 valence electrons. The topological polar surface area (TPSA) is 52.3 Å². The van der Waals surface area contributed by atoms with E-state index in [1.54, 1.807) is 18.2 Å². The maximum Gasteiger partial charge on any atom is 0.338 e. The van der Waals surface area contributed by atoms with Gasteiger partial charge in [0, 0.05) is 5.69 Å². The summed E-state index contributed by atoms with van der Waals surface area (Å²) in [5, 5.41) is 0. The van der Waals surface area contributed by atoms with Crippen molar-refractivity contribution in [1.29, 1.82) is 0 Å². The molecule has 2 N–H and O–H groups in total. The Labute approximate surface area is 109 Å². The minimum atomic E-state index is -0.282. The van der Waals surface area contributed by atoms with Crippen molar-refractivity contribution < 1.29 is 9.53 Å². The lowest BCUT2D eigenvalue weighted by atomic mass is 10.00. The van der Waals surface area contributed by atoms with E-state index >= 15 is 0 Å².